The third-order valence-corrected chi connectivity index (χ3v) is 4.25. The van der Waals surface area contributed by atoms with Crippen molar-refractivity contribution in [2.45, 2.75) is 37.0 Å². The van der Waals surface area contributed by atoms with Gasteiger partial charge in [-0.15, -0.1) is 11.8 Å². The number of thioether (sulfide) groups is 1. The largest absolute Gasteiger partial charge is 0.333 e. The van der Waals surface area contributed by atoms with E-state index in [1.807, 2.05) is 40.9 Å². The number of nitrogens with zero attached hydrogens (tertiary/aromatic N) is 1. The third kappa shape index (κ3) is 3.74. The Labute approximate surface area is 119 Å². The zero-order valence-corrected chi connectivity index (χ0v) is 12.7. The fraction of sp³-hybridized carbons (Fsp3) is 0.533. The molecule has 19 heavy (non-hydrogen) atoms. The zero-order chi connectivity index (χ0) is 13.8. The van der Waals surface area contributed by atoms with Gasteiger partial charge in [-0.2, -0.15) is 0 Å². The Morgan fingerprint density at radius 1 is 1.37 bits per heavy atom. The molecule has 1 amide bonds. The molecule has 4 heteroatoms. The highest BCUT2D eigenvalue weighted by atomic mass is 32.2. The topological polar surface area (TPSA) is 32.3 Å². The highest BCUT2D eigenvalue weighted by Gasteiger charge is 2.23. The van der Waals surface area contributed by atoms with E-state index >= 15 is 0 Å². The molecule has 2 rings (SSSR count). The Morgan fingerprint density at radius 3 is 2.63 bits per heavy atom. The normalized spacial score (nSPS) is 19.8. The SMILES string of the molecule is CC(C)Sc1ccc(C(=O)N2CCNC[C@H]2C)cc1. The lowest BCUT2D eigenvalue weighted by Gasteiger charge is -2.34. The molecule has 1 aromatic carbocycles. The first-order valence-electron chi connectivity index (χ1n) is 6.86. The molecule has 1 heterocycles. The summed E-state index contributed by atoms with van der Waals surface area (Å²) in [4.78, 5) is 15.6. The predicted molar refractivity (Wildman–Crippen MR) is 80.8 cm³/mol. The van der Waals surface area contributed by atoms with Crippen molar-refractivity contribution < 1.29 is 4.79 Å². The summed E-state index contributed by atoms with van der Waals surface area (Å²) in [5.74, 6) is 0.148. The van der Waals surface area contributed by atoms with Crippen molar-refractivity contribution in [1.29, 1.82) is 0 Å². The van der Waals surface area contributed by atoms with Crippen LogP contribution in [0.4, 0.5) is 0 Å². The predicted octanol–water partition coefficient (Wildman–Crippen LogP) is 2.62. The Hall–Kier alpha value is -1.00. The number of hydrogen-bond acceptors (Lipinski definition) is 3. The van der Waals surface area contributed by atoms with E-state index in [-0.39, 0.29) is 11.9 Å². The van der Waals surface area contributed by atoms with Crippen LogP contribution in [0.5, 0.6) is 0 Å². The Morgan fingerprint density at radius 2 is 2.05 bits per heavy atom. The summed E-state index contributed by atoms with van der Waals surface area (Å²) in [6.45, 7) is 9.00. The van der Waals surface area contributed by atoms with Crippen LogP contribution in [0.3, 0.4) is 0 Å². The van der Waals surface area contributed by atoms with Gasteiger partial charge in [0.15, 0.2) is 0 Å². The lowest BCUT2D eigenvalue weighted by atomic mass is 10.1. The van der Waals surface area contributed by atoms with Gasteiger partial charge >= 0.3 is 0 Å². The van der Waals surface area contributed by atoms with E-state index in [0.717, 1.165) is 25.2 Å². The van der Waals surface area contributed by atoms with Gasteiger partial charge < -0.3 is 10.2 Å². The number of hydrogen-bond donors (Lipinski definition) is 1. The molecule has 0 aliphatic carbocycles. The average Bonchev–Trinajstić information content (AvgIpc) is 2.39. The van der Waals surface area contributed by atoms with E-state index in [1.165, 1.54) is 4.90 Å². The minimum atomic E-state index is 0.148. The summed E-state index contributed by atoms with van der Waals surface area (Å²) in [6, 6.07) is 8.25. The molecule has 1 aliphatic rings. The van der Waals surface area contributed by atoms with Gasteiger partial charge in [0, 0.05) is 41.4 Å². The minimum absolute atomic E-state index is 0.148. The molecule has 1 N–H and O–H groups in total. The van der Waals surface area contributed by atoms with Gasteiger partial charge in [-0.05, 0) is 31.2 Å². The molecule has 1 fully saturated rings. The Balaban J connectivity index is 2.06. The smallest absolute Gasteiger partial charge is 0.254 e. The second kappa shape index (κ2) is 6.44. The molecule has 0 unspecified atom stereocenters. The number of amides is 1. The van der Waals surface area contributed by atoms with E-state index < -0.39 is 0 Å². The van der Waals surface area contributed by atoms with Crippen molar-refractivity contribution in [2.75, 3.05) is 19.6 Å². The first kappa shape index (κ1) is 14.4. The fourth-order valence-corrected chi connectivity index (χ4v) is 3.09. The number of nitrogens with one attached hydrogen (secondary N) is 1. The number of rotatable bonds is 3. The van der Waals surface area contributed by atoms with Crippen LogP contribution >= 0.6 is 11.8 Å². The fourth-order valence-electron chi connectivity index (χ4n) is 2.26. The van der Waals surface area contributed by atoms with E-state index in [9.17, 15) is 4.79 Å². The van der Waals surface area contributed by atoms with Gasteiger partial charge in [0.2, 0.25) is 0 Å². The second-order valence-corrected chi connectivity index (χ2v) is 6.89. The molecule has 0 radical (unpaired) electrons. The Bertz CT molecular complexity index is 430. The summed E-state index contributed by atoms with van der Waals surface area (Å²) in [7, 11) is 0. The summed E-state index contributed by atoms with van der Waals surface area (Å²) >= 11 is 1.82. The summed E-state index contributed by atoms with van der Waals surface area (Å²) in [5.41, 5.74) is 0.793. The first-order valence-corrected chi connectivity index (χ1v) is 7.74. The Kier molecular flexibility index (Phi) is 4.88. The van der Waals surface area contributed by atoms with Crippen molar-refractivity contribution in [2.24, 2.45) is 0 Å². The highest BCUT2D eigenvalue weighted by Crippen LogP contribution is 2.23. The lowest BCUT2D eigenvalue weighted by Crippen LogP contribution is -2.52. The van der Waals surface area contributed by atoms with E-state index in [1.54, 1.807) is 0 Å². The van der Waals surface area contributed by atoms with Gasteiger partial charge in [-0.1, -0.05) is 13.8 Å². The van der Waals surface area contributed by atoms with E-state index in [2.05, 4.69) is 26.1 Å². The summed E-state index contributed by atoms with van der Waals surface area (Å²) in [5, 5.41) is 3.87. The molecule has 1 atom stereocenters. The van der Waals surface area contributed by atoms with Crippen molar-refractivity contribution in [3.8, 4) is 0 Å². The average molecular weight is 278 g/mol. The second-order valence-electron chi connectivity index (χ2n) is 5.24. The molecule has 0 bridgehead atoms. The summed E-state index contributed by atoms with van der Waals surface area (Å²) in [6.07, 6.45) is 0. The first-order chi connectivity index (χ1) is 9.08. The van der Waals surface area contributed by atoms with Crippen molar-refractivity contribution >= 4 is 17.7 Å². The molecule has 1 saturated heterocycles. The van der Waals surface area contributed by atoms with Crippen molar-refractivity contribution in [3.05, 3.63) is 29.8 Å². The molecule has 1 aromatic rings. The maximum atomic E-state index is 12.4. The third-order valence-electron chi connectivity index (χ3n) is 3.24. The number of carbonyl (C=O) groups is 1. The van der Waals surface area contributed by atoms with E-state index in [0.29, 0.717) is 5.25 Å². The molecule has 0 aromatic heterocycles. The van der Waals surface area contributed by atoms with E-state index in [4.69, 9.17) is 0 Å². The molecule has 0 saturated carbocycles. The van der Waals surface area contributed by atoms with Gasteiger partial charge in [0.1, 0.15) is 0 Å². The monoisotopic (exact) mass is 278 g/mol. The molecular weight excluding hydrogens is 256 g/mol. The molecule has 104 valence electrons. The van der Waals surface area contributed by atoms with Crippen molar-refractivity contribution in [1.82, 2.24) is 10.2 Å². The minimum Gasteiger partial charge on any atom is -0.333 e. The van der Waals surface area contributed by atoms with Gasteiger partial charge in [-0.3, -0.25) is 4.79 Å². The maximum absolute atomic E-state index is 12.4. The lowest BCUT2D eigenvalue weighted by molar-refractivity contribution is 0.0655. The molecule has 1 aliphatic heterocycles. The number of benzene rings is 1. The summed E-state index contributed by atoms with van der Waals surface area (Å²) < 4.78 is 0. The van der Waals surface area contributed by atoms with Gasteiger partial charge in [0.05, 0.1) is 0 Å². The van der Waals surface area contributed by atoms with Crippen LogP contribution in [0.25, 0.3) is 0 Å². The van der Waals surface area contributed by atoms with Crippen LogP contribution in [-0.2, 0) is 0 Å². The van der Waals surface area contributed by atoms with Crippen LogP contribution in [-0.4, -0.2) is 41.7 Å². The molecular formula is C15H22N2OS. The van der Waals surface area contributed by atoms with Crippen LogP contribution in [0.1, 0.15) is 31.1 Å². The van der Waals surface area contributed by atoms with Crippen LogP contribution < -0.4 is 5.32 Å². The van der Waals surface area contributed by atoms with Crippen LogP contribution in [0, 0.1) is 0 Å². The van der Waals surface area contributed by atoms with Gasteiger partial charge in [-0.25, -0.2) is 0 Å². The van der Waals surface area contributed by atoms with Crippen LogP contribution in [0.2, 0.25) is 0 Å². The maximum Gasteiger partial charge on any atom is 0.254 e. The quantitative estimate of drug-likeness (QED) is 0.863. The van der Waals surface area contributed by atoms with Gasteiger partial charge in [0.25, 0.3) is 5.91 Å². The molecule has 3 nitrogen and oxygen atoms in total. The van der Waals surface area contributed by atoms with Crippen molar-refractivity contribution in [3.63, 3.8) is 0 Å². The standard InChI is InChI=1S/C15H22N2OS/c1-11(2)19-14-6-4-13(5-7-14)15(18)17-9-8-16-10-12(17)3/h4-7,11-12,16H,8-10H2,1-3H3/t12-/m1/s1. The zero-order valence-electron chi connectivity index (χ0n) is 11.8. The number of carbonyl (C=O) groups excluding carboxylic acids is 1. The van der Waals surface area contributed by atoms with Crippen LogP contribution in [0.15, 0.2) is 29.2 Å². The highest BCUT2D eigenvalue weighted by molar-refractivity contribution is 7.99. The molecule has 0 spiro atoms. The number of piperazine rings is 1.